The molecule has 0 aromatic carbocycles. The number of pyridine rings is 1. The van der Waals surface area contributed by atoms with E-state index >= 15 is 0 Å². The molecule has 0 atom stereocenters. The molecule has 1 aromatic heterocycles. The van der Waals surface area contributed by atoms with Crippen LogP contribution in [0.1, 0.15) is 12.0 Å². The summed E-state index contributed by atoms with van der Waals surface area (Å²) in [5.41, 5.74) is 9.35. The van der Waals surface area contributed by atoms with Gasteiger partial charge in [0.15, 0.2) is 0 Å². The Morgan fingerprint density at radius 1 is 1.47 bits per heavy atom. The van der Waals surface area contributed by atoms with Gasteiger partial charge >= 0.3 is 0 Å². The SMILES string of the molecule is CN(CCCN=[N+]=[N-])Cc1ccncc1. The molecular formula is C10H15N5. The number of hydrogen-bond donors (Lipinski definition) is 0. The Balaban J connectivity index is 2.24. The van der Waals surface area contributed by atoms with Crippen molar-refractivity contribution in [2.75, 3.05) is 20.1 Å². The highest BCUT2D eigenvalue weighted by molar-refractivity contribution is 5.09. The van der Waals surface area contributed by atoms with Gasteiger partial charge in [0, 0.05) is 30.4 Å². The molecule has 0 N–H and O–H groups in total. The van der Waals surface area contributed by atoms with Gasteiger partial charge < -0.3 is 4.90 Å². The summed E-state index contributed by atoms with van der Waals surface area (Å²) in [5.74, 6) is 0. The zero-order valence-electron chi connectivity index (χ0n) is 8.87. The van der Waals surface area contributed by atoms with Gasteiger partial charge in [-0.25, -0.2) is 0 Å². The van der Waals surface area contributed by atoms with E-state index in [0.717, 1.165) is 19.5 Å². The number of rotatable bonds is 6. The third-order valence-corrected chi connectivity index (χ3v) is 2.06. The van der Waals surface area contributed by atoms with Gasteiger partial charge in [0.2, 0.25) is 0 Å². The highest BCUT2D eigenvalue weighted by Crippen LogP contribution is 2.01. The lowest BCUT2D eigenvalue weighted by Crippen LogP contribution is -2.19. The molecule has 0 aliphatic heterocycles. The predicted octanol–water partition coefficient (Wildman–Crippen LogP) is 2.21. The van der Waals surface area contributed by atoms with Gasteiger partial charge in [0.05, 0.1) is 0 Å². The fourth-order valence-corrected chi connectivity index (χ4v) is 1.33. The zero-order valence-corrected chi connectivity index (χ0v) is 8.87. The molecule has 0 spiro atoms. The van der Waals surface area contributed by atoms with E-state index in [2.05, 4.69) is 27.0 Å². The minimum atomic E-state index is 0.567. The molecule has 0 aliphatic rings. The Hall–Kier alpha value is -1.58. The van der Waals surface area contributed by atoms with Gasteiger partial charge in [-0.3, -0.25) is 4.98 Å². The summed E-state index contributed by atoms with van der Waals surface area (Å²) in [6.45, 7) is 2.40. The van der Waals surface area contributed by atoms with Gasteiger partial charge in [-0.2, -0.15) is 0 Å². The first kappa shape index (κ1) is 11.5. The molecule has 5 nitrogen and oxygen atoms in total. The number of aromatic nitrogens is 1. The quantitative estimate of drug-likeness (QED) is 0.309. The van der Waals surface area contributed by atoms with Crippen molar-refractivity contribution in [3.8, 4) is 0 Å². The molecule has 0 aliphatic carbocycles. The summed E-state index contributed by atoms with van der Waals surface area (Å²) >= 11 is 0. The van der Waals surface area contributed by atoms with Gasteiger partial charge in [-0.15, -0.1) is 0 Å². The van der Waals surface area contributed by atoms with Gasteiger partial charge in [0.25, 0.3) is 0 Å². The van der Waals surface area contributed by atoms with Crippen molar-refractivity contribution in [2.45, 2.75) is 13.0 Å². The van der Waals surface area contributed by atoms with E-state index in [1.165, 1.54) is 5.56 Å². The molecule has 0 fully saturated rings. The zero-order chi connectivity index (χ0) is 10.9. The highest BCUT2D eigenvalue weighted by Gasteiger charge is 1.98. The molecule has 15 heavy (non-hydrogen) atoms. The molecule has 0 unspecified atom stereocenters. The number of nitrogens with zero attached hydrogens (tertiary/aromatic N) is 5. The molecule has 0 radical (unpaired) electrons. The maximum absolute atomic E-state index is 8.10. The number of azide groups is 1. The lowest BCUT2D eigenvalue weighted by molar-refractivity contribution is 0.324. The molecular weight excluding hydrogens is 190 g/mol. The fourth-order valence-electron chi connectivity index (χ4n) is 1.33. The lowest BCUT2D eigenvalue weighted by Gasteiger charge is -2.15. The van der Waals surface area contributed by atoms with Crippen LogP contribution in [0.5, 0.6) is 0 Å². The van der Waals surface area contributed by atoms with E-state index in [1.54, 1.807) is 12.4 Å². The Bertz CT molecular complexity index is 318. The van der Waals surface area contributed by atoms with E-state index in [0.29, 0.717) is 6.54 Å². The van der Waals surface area contributed by atoms with Crippen molar-refractivity contribution in [2.24, 2.45) is 5.11 Å². The van der Waals surface area contributed by atoms with Crippen molar-refractivity contribution in [3.05, 3.63) is 40.5 Å². The third kappa shape index (κ3) is 5.00. The largest absolute Gasteiger partial charge is 0.302 e. The first-order valence-corrected chi connectivity index (χ1v) is 4.91. The van der Waals surface area contributed by atoms with E-state index in [-0.39, 0.29) is 0 Å². The Morgan fingerprint density at radius 2 is 2.20 bits per heavy atom. The van der Waals surface area contributed by atoms with E-state index in [4.69, 9.17) is 5.53 Å². The minimum Gasteiger partial charge on any atom is -0.302 e. The average Bonchev–Trinajstić information content (AvgIpc) is 2.26. The first-order valence-electron chi connectivity index (χ1n) is 4.91. The molecule has 0 amide bonds. The molecule has 1 aromatic rings. The highest BCUT2D eigenvalue weighted by atomic mass is 15.1. The van der Waals surface area contributed by atoms with Gasteiger partial charge in [-0.05, 0) is 43.2 Å². The van der Waals surface area contributed by atoms with Crippen LogP contribution in [-0.2, 0) is 6.54 Å². The van der Waals surface area contributed by atoms with Gasteiger partial charge in [-0.1, -0.05) is 5.11 Å². The molecule has 5 heteroatoms. The Kier molecular flexibility index (Phi) is 5.22. The number of hydrogen-bond acceptors (Lipinski definition) is 3. The van der Waals surface area contributed by atoms with Crippen molar-refractivity contribution in [3.63, 3.8) is 0 Å². The summed E-state index contributed by atoms with van der Waals surface area (Å²) in [5, 5.41) is 3.49. The maximum Gasteiger partial charge on any atom is 0.0271 e. The molecule has 80 valence electrons. The van der Waals surface area contributed by atoms with Gasteiger partial charge in [0.1, 0.15) is 0 Å². The molecule has 0 bridgehead atoms. The van der Waals surface area contributed by atoms with E-state index in [1.807, 2.05) is 12.1 Å². The average molecular weight is 205 g/mol. The topological polar surface area (TPSA) is 64.9 Å². The summed E-state index contributed by atoms with van der Waals surface area (Å²) < 4.78 is 0. The van der Waals surface area contributed by atoms with Crippen LogP contribution >= 0.6 is 0 Å². The van der Waals surface area contributed by atoms with Crippen LogP contribution in [0.2, 0.25) is 0 Å². The lowest BCUT2D eigenvalue weighted by atomic mass is 10.2. The van der Waals surface area contributed by atoms with Crippen LogP contribution in [0.4, 0.5) is 0 Å². The standard InChI is InChI=1S/C10H15N5/c1-15(8-2-5-13-14-11)9-10-3-6-12-7-4-10/h3-4,6-7H,2,5,8-9H2,1H3. The monoisotopic (exact) mass is 205 g/mol. The second kappa shape index (κ2) is 6.81. The third-order valence-electron chi connectivity index (χ3n) is 2.06. The van der Waals surface area contributed by atoms with Crippen LogP contribution < -0.4 is 0 Å². The van der Waals surface area contributed by atoms with Crippen molar-refractivity contribution in [1.29, 1.82) is 0 Å². The van der Waals surface area contributed by atoms with Crippen LogP contribution in [0, 0.1) is 0 Å². The van der Waals surface area contributed by atoms with Crippen molar-refractivity contribution < 1.29 is 0 Å². The fraction of sp³-hybridized carbons (Fsp3) is 0.500. The molecule has 0 saturated heterocycles. The predicted molar refractivity (Wildman–Crippen MR) is 59.2 cm³/mol. The second-order valence-electron chi connectivity index (χ2n) is 3.40. The summed E-state index contributed by atoms with van der Waals surface area (Å²) in [7, 11) is 2.05. The van der Waals surface area contributed by atoms with Crippen LogP contribution in [0.15, 0.2) is 29.6 Å². The smallest absolute Gasteiger partial charge is 0.0271 e. The van der Waals surface area contributed by atoms with Crippen LogP contribution in [0.3, 0.4) is 0 Å². The molecule has 0 saturated carbocycles. The van der Waals surface area contributed by atoms with Crippen LogP contribution in [0.25, 0.3) is 10.4 Å². The van der Waals surface area contributed by atoms with E-state index < -0.39 is 0 Å². The molecule has 1 rings (SSSR count). The summed E-state index contributed by atoms with van der Waals surface area (Å²) in [6.07, 6.45) is 4.48. The summed E-state index contributed by atoms with van der Waals surface area (Å²) in [6, 6.07) is 4.01. The van der Waals surface area contributed by atoms with Crippen molar-refractivity contribution >= 4 is 0 Å². The summed E-state index contributed by atoms with van der Waals surface area (Å²) in [4.78, 5) is 8.88. The maximum atomic E-state index is 8.10. The van der Waals surface area contributed by atoms with Crippen molar-refractivity contribution in [1.82, 2.24) is 9.88 Å². The van der Waals surface area contributed by atoms with E-state index in [9.17, 15) is 0 Å². The second-order valence-corrected chi connectivity index (χ2v) is 3.40. The first-order chi connectivity index (χ1) is 7.33. The molecule has 1 heterocycles. The Morgan fingerprint density at radius 3 is 2.87 bits per heavy atom. The Labute approximate surface area is 89.4 Å². The van der Waals surface area contributed by atoms with Crippen LogP contribution in [-0.4, -0.2) is 30.0 Å². The normalized spacial score (nSPS) is 10.0. The minimum absolute atomic E-state index is 0.567.